The topological polar surface area (TPSA) is 113 Å². The molecular weight excluding hydrogens is 432 g/mol. The van der Waals surface area contributed by atoms with Gasteiger partial charge in [-0.2, -0.15) is 0 Å². The number of thioether (sulfide) groups is 1. The van der Waals surface area contributed by atoms with Crippen LogP contribution in [0.3, 0.4) is 0 Å². The van der Waals surface area contributed by atoms with E-state index in [9.17, 15) is 24.3 Å². The Morgan fingerprint density at radius 3 is 2.34 bits per heavy atom. The first-order valence-electron chi connectivity index (χ1n) is 10.1. The smallest absolute Gasteiger partial charge is 0.327 e. The van der Waals surface area contributed by atoms with Gasteiger partial charge in [0.05, 0.1) is 12.5 Å². The second-order valence-electron chi connectivity index (χ2n) is 7.34. The number of amides is 2. The summed E-state index contributed by atoms with van der Waals surface area (Å²) in [5.74, 6) is -1.45. The average Bonchev–Trinajstić information content (AvgIpc) is 3.30. The molecule has 0 aromatic heterocycles. The van der Waals surface area contributed by atoms with Crippen molar-refractivity contribution in [1.29, 1.82) is 0 Å². The van der Waals surface area contributed by atoms with E-state index in [1.54, 1.807) is 24.3 Å². The number of ether oxygens (including phenoxy) is 1. The predicted molar refractivity (Wildman–Crippen MR) is 119 cm³/mol. The molecule has 2 atom stereocenters. The van der Waals surface area contributed by atoms with E-state index >= 15 is 0 Å². The van der Waals surface area contributed by atoms with Gasteiger partial charge in [-0.15, -0.1) is 11.8 Å². The lowest BCUT2D eigenvalue weighted by Gasteiger charge is -2.28. The van der Waals surface area contributed by atoms with Crippen LogP contribution >= 0.6 is 11.8 Å². The number of hydrogen-bond donors (Lipinski definition) is 2. The number of rotatable bonds is 8. The van der Waals surface area contributed by atoms with E-state index in [2.05, 4.69) is 5.32 Å². The minimum atomic E-state index is -1.33. The van der Waals surface area contributed by atoms with E-state index < -0.39 is 35.8 Å². The summed E-state index contributed by atoms with van der Waals surface area (Å²) in [5, 5.41) is 12.7. The van der Waals surface area contributed by atoms with Crippen molar-refractivity contribution in [1.82, 2.24) is 10.2 Å². The number of imide groups is 1. The van der Waals surface area contributed by atoms with Gasteiger partial charge < -0.3 is 9.84 Å². The quantitative estimate of drug-likeness (QED) is 0.457. The fraction of sp³-hybridized carbons (Fsp3) is 0.304. The van der Waals surface area contributed by atoms with Crippen molar-refractivity contribution in [2.24, 2.45) is 0 Å². The molecule has 0 radical (unpaired) electrons. The fourth-order valence-electron chi connectivity index (χ4n) is 3.39. The summed E-state index contributed by atoms with van der Waals surface area (Å²) in [6, 6.07) is 13.6. The summed E-state index contributed by atoms with van der Waals surface area (Å²) in [6.07, 6.45) is 0.0750. The second-order valence-corrected chi connectivity index (χ2v) is 8.37. The number of esters is 1. The fourth-order valence-corrected chi connectivity index (χ4v) is 4.32. The van der Waals surface area contributed by atoms with Gasteiger partial charge in [-0.3, -0.25) is 24.6 Å². The van der Waals surface area contributed by atoms with Gasteiger partial charge in [-0.05, 0) is 23.3 Å². The molecule has 9 heteroatoms. The van der Waals surface area contributed by atoms with Crippen LogP contribution in [0.5, 0.6) is 5.75 Å². The molecule has 1 heterocycles. The summed E-state index contributed by atoms with van der Waals surface area (Å²) in [6.45, 7) is 1.19. The van der Waals surface area contributed by atoms with Crippen LogP contribution in [0.25, 0.3) is 0 Å². The molecule has 0 aliphatic carbocycles. The number of carboxylic acids is 1. The number of hydrogen-bond acceptors (Lipinski definition) is 7. The summed E-state index contributed by atoms with van der Waals surface area (Å²) in [4.78, 5) is 49.8. The molecule has 2 amide bonds. The lowest BCUT2D eigenvalue weighted by Crippen LogP contribution is -2.54. The first-order valence-corrected chi connectivity index (χ1v) is 11.2. The number of carboxylic acid groups (broad SMARTS) is 1. The highest BCUT2D eigenvalue weighted by molar-refractivity contribution is 7.99. The lowest BCUT2D eigenvalue weighted by molar-refractivity contribution is -0.157. The molecule has 0 unspecified atom stereocenters. The monoisotopic (exact) mass is 456 g/mol. The van der Waals surface area contributed by atoms with Crippen molar-refractivity contribution in [2.75, 3.05) is 11.6 Å². The highest BCUT2D eigenvalue weighted by atomic mass is 32.2. The number of nitrogens with zero attached hydrogens (tertiary/aromatic N) is 1. The third kappa shape index (κ3) is 6.18. The molecule has 1 aliphatic rings. The highest BCUT2D eigenvalue weighted by Gasteiger charge is 2.37. The van der Waals surface area contributed by atoms with Crippen LogP contribution in [0.15, 0.2) is 54.6 Å². The van der Waals surface area contributed by atoms with E-state index in [0.717, 1.165) is 10.5 Å². The Balaban J connectivity index is 1.66. The molecule has 2 aromatic carbocycles. The van der Waals surface area contributed by atoms with Crippen LogP contribution in [0, 0.1) is 0 Å². The zero-order valence-corrected chi connectivity index (χ0v) is 18.3. The summed E-state index contributed by atoms with van der Waals surface area (Å²) in [7, 11) is 0. The van der Waals surface area contributed by atoms with Crippen LogP contribution in [-0.2, 0) is 32.0 Å². The number of benzene rings is 2. The first kappa shape index (κ1) is 23.5. The Hall–Kier alpha value is -3.17. The largest absolute Gasteiger partial charge is 0.480 e. The Morgan fingerprint density at radius 2 is 1.78 bits per heavy atom. The predicted octanol–water partition coefficient (Wildman–Crippen LogP) is 1.87. The van der Waals surface area contributed by atoms with Gasteiger partial charge in [0.25, 0.3) is 0 Å². The van der Waals surface area contributed by atoms with Gasteiger partial charge in [0.1, 0.15) is 11.8 Å². The maximum Gasteiger partial charge on any atom is 0.327 e. The SMILES string of the molecule is CC(=O)N(C(=O)[C@@H]1CSCN1)[C@@H](Cc1ccc(OC(=O)Cc2ccccc2)cc1)C(=O)O. The molecular formula is C23H24N2O6S. The Kier molecular flexibility index (Phi) is 8.02. The van der Waals surface area contributed by atoms with Gasteiger partial charge in [-0.25, -0.2) is 4.79 Å². The first-order chi connectivity index (χ1) is 15.3. The third-order valence-electron chi connectivity index (χ3n) is 4.96. The second kappa shape index (κ2) is 10.9. The minimum Gasteiger partial charge on any atom is -0.480 e. The lowest BCUT2D eigenvalue weighted by atomic mass is 10.0. The van der Waals surface area contributed by atoms with Crippen LogP contribution in [-0.4, -0.2) is 57.5 Å². The molecule has 168 valence electrons. The van der Waals surface area contributed by atoms with Crippen LogP contribution in [0.1, 0.15) is 18.1 Å². The van der Waals surface area contributed by atoms with Crippen molar-refractivity contribution in [3.05, 3.63) is 65.7 Å². The molecule has 2 N–H and O–H groups in total. The highest BCUT2D eigenvalue weighted by Crippen LogP contribution is 2.19. The minimum absolute atomic E-state index is 0.0568. The molecule has 1 aliphatic heterocycles. The van der Waals surface area contributed by atoms with Gasteiger partial charge in [0, 0.05) is 25.0 Å². The van der Waals surface area contributed by atoms with E-state index in [0.29, 0.717) is 22.9 Å². The number of carbonyl (C=O) groups excluding carboxylic acids is 3. The average molecular weight is 457 g/mol. The molecule has 8 nitrogen and oxygen atoms in total. The van der Waals surface area contributed by atoms with Gasteiger partial charge >= 0.3 is 11.9 Å². The maximum absolute atomic E-state index is 12.8. The molecule has 32 heavy (non-hydrogen) atoms. The summed E-state index contributed by atoms with van der Waals surface area (Å²) >= 11 is 1.51. The van der Waals surface area contributed by atoms with Crippen LogP contribution < -0.4 is 10.1 Å². The maximum atomic E-state index is 12.8. The van der Waals surface area contributed by atoms with E-state index in [4.69, 9.17) is 4.74 Å². The molecule has 0 spiro atoms. The van der Waals surface area contributed by atoms with Crippen LogP contribution in [0.4, 0.5) is 0 Å². The Bertz CT molecular complexity index is 974. The van der Waals surface area contributed by atoms with Gasteiger partial charge in [0.2, 0.25) is 11.8 Å². The zero-order valence-electron chi connectivity index (χ0n) is 17.5. The van der Waals surface area contributed by atoms with Crippen molar-refractivity contribution in [2.45, 2.75) is 31.8 Å². The third-order valence-corrected chi connectivity index (χ3v) is 5.90. The Labute approximate surface area is 189 Å². The number of nitrogens with one attached hydrogen (secondary N) is 1. The number of carbonyl (C=O) groups is 4. The molecule has 2 aromatic rings. The van der Waals surface area contributed by atoms with Crippen molar-refractivity contribution in [3.8, 4) is 5.75 Å². The molecule has 3 rings (SSSR count). The zero-order chi connectivity index (χ0) is 23.1. The normalized spacial score (nSPS) is 16.2. The van der Waals surface area contributed by atoms with Crippen molar-refractivity contribution < 1.29 is 29.0 Å². The molecule has 1 fully saturated rings. The van der Waals surface area contributed by atoms with E-state index in [1.165, 1.54) is 18.7 Å². The molecule has 0 saturated carbocycles. The summed E-state index contributed by atoms with van der Waals surface area (Å²) < 4.78 is 5.33. The van der Waals surface area contributed by atoms with Crippen molar-refractivity contribution in [3.63, 3.8) is 0 Å². The Morgan fingerprint density at radius 1 is 1.09 bits per heavy atom. The van der Waals surface area contributed by atoms with Crippen molar-refractivity contribution >= 4 is 35.5 Å². The van der Waals surface area contributed by atoms with Crippen LogP contribution in [0.2, 0.25) is 0 Å². The van der Waals surface area contributed by atoms with Gasteiger partial charge in [-0.1, -0.05) is 42.5 Å². The summed E-state index contributed by atoms with van der Waals surface area (Å²) in [5.41, 5.74) is 1.43. The molecule has 1 saturated heterocycles. The number of aliphatic carboxylic acids is 1. The van der Waals surface area contributed by atoms with Gasteiger partial charge in [0.15, 0.2) is 0 Å². The van der Waals surface area contributed by atoms with E-state index in [1.807, 2.05) is 30.3 Å². The van der Waals surface area contributed by atoms with E-state index in [-0.39, 0.29) is 12.8 Å². The standard InChI is InChI=1S/C23H24N2O6S/c1-15(26)25(22(28)19-13-32-14-24-19)20(23(29)30)11-17-7-9-18(10-8-17)31-21(27)12-16-5-3-2-4-6-16/h2-10,19-20,24H,11-14H2,1H3,(H,29,30)/t19-,20-/m0/s1. The molecule has 0 bridgehead atoms.